The van der Waals surface area contributed by atoms with Crippen molar-refractivity contribution in [2.75, 3.05) is 5.32 Å². The second-order valence-corrected chi connectivity index (χ2v) is 5.19. The molecule has 1 aromatic heterocycles. The maximum Gasteiger partial charge on any atom is 0.187 e. The molecule has 1 heterocycles. The van der Waals surface area contributed by atoms with E-state index in [1.807, 2.05) is 18.2 Å². The Morgan fingerprint density at radius 1 is 1.27 bits per heavy atom. The van der Waals surface area contributed by atoms with Crippen LogP contribution in [0.15, 0.2) is 18.2 Å². The first kappa shape index (κ1) is 11.4. The van der Waals surface area contributed by atoms with Crippen LogP contribution in [-0.4, -0.2) is 8.75 Å². The van der Waals surface area contributed by atoms with Crippen molar-refractivity contribution in [1.29, 1.82) is 0 Å². The van der Waals surface area contributed by atoms with Gasteiger partial charge in [-0.1, -0.05) is 23.2 Å². The zero-order valence-electron chi connectivity index (χ0n) is 7.17. The van der Waals surface area contributed by atoms with Crippen LogP contribution in [0.2, 0.25) is 10.2 Å². The first-order valence-electron chi connectivity index (χ1n) is 3.87. The number of benzene rings is 1. The molecule has 0 unspecified atom stereocenters. The third kappa shape index (κ3) is 2.72. The molecule has 0 aliphatic heterocycles. The van der Waals surface area contributed by atoms with Gasteiger partial charge in [0, 0.05) is 3.57 Å². The summed E-state index contributed by atoms with van der Waals surface area (Å²) in [5.41, 5.74) is 0.770. The van der Waals surface area contributed by atoms with Crippen LogP contribution in [0.5, 0.6) is 0 Å². The molecule has 0 bridgehead atoms. The van der Waals surface area contributed by atoms with Crippen molar-refractivity contribution in [3.63, 3.8) is 0 Å². The van der Waals surface area contributed by atoms with Crippen molar-refractivity contribution in [1.82, 2.24) is 8.75 Å². The number of aromatic nitrogens is 2. The highest BCUT2D eigenvalue weighted by molar-refractivity contribution is 14.1. The van der Waals surface area contributed by atoms with Crippen LogP contribution < -0.4 is 5.32 Å². The van der Waals surface area contributed by atoms with E-state index < -0.39 is 0 Å². The molecular weight excluding hydrogens is 368 g/mol. The number of hydrogen-bond acceptors (Lipinski definition) is 4. The standard InChI is InChI=1S/C8H4Cl2IN3S/c9-5-3-4(11)1-2-6(5)12-8-7(10)13-15-14-8/h1-3H,(H,12,14). The highest BCUT2D eigenvalue weighted by Crippen LogP contribution is 2.29. The van der Waals surface area contributed by atoms with Gasteiger partial charge in [0.2, 0.25) is 0 Å². The van der Waals surface area contributed by atoms with Crippen LogP contribution in [0, 0.1) is 3.57 Å². The van der Waals surface area contributed by atoms with Gasteiger partial charge in [0.25, 0.3) is 0 Å². The molecule has 0 saturated heterocycles. The summed E-state index contributed by atoms with van der Waals surface area (Å²) < 4.78 is 8.93. The van der Waals surface area contributed by atoms with Gasteiger partial charge in [0.1, 0.15) is 0 Å². The largest absolute Gasteiger partial charge is 0.336 e. The van der Waals surface area contributed by atoms with Gasteiger partial charge in [0.15, 0.2) is 11.0 Å². The number of halogens is 3. The summed E-state index contributed by atoms with van der Waals surface area (Å²) in [5.74, 6) is 0.532. The summed E-state index contributed by atoms with van der Waals surface area (Å²) in [4.78, 5) is 0. The van der Waals surface area contributed by atoms with Gasteiger partial charge in [-0.2, -0.15) is 8.75 Å². The second-order valence-electron chi connectivity index (χ2n) is 2.65. The Labute approximate surface area is 114 Å². The lowest BCUT2D eigenvalue weighted by atomic mass is 10.3. The lowest BCUT2D eigenvalue weighted by Crippen LogP contribution is -1.92. The summed E-state index contributed by atoms with van der Waals surface area (Å²) in [6.45, 7) is 0. The molecule has 0 spiro atoms. The molecule has 0 atom stereocenters. The topological polar surface area (TPSA) is 37.8 Å². The van der Waals surface area contributed by atoms with E-state index in [0.717, 1.165) is 21.0 Å². The maximum absolute atomic E-state index is 6.04. The predicted octanol–water partition coefficient (Wildman–Crippen LogP) is 4.19. The Kier molecular flexibility index (Phi) is 3.65. The smallest absolute Gasteiger partial charge is 0.187 e. The van der Waals surface area contributed by atoms with E-state index in [4.69, 9.17) is 23.2 Å². The summed E-state index contributed by atoms with van der Waals surface area (Å²) in [7, 11) is 0. The van der Waals surface area contributed by atoms with Crippen LogP contribution in [0.3, 0.4) is 0 Å². The molecule has 2 rings (SSSR count). The highest BCUT2D eigenvalue weighted by atomic mass is 127. The molecule has 78 valence electrons. The van der Waals surface area contributed by atoms with E-state index in [0.29, 0.717) is 16.0 Å². The summed E-state index contributed by atoms with van der Waals surface area (Å²) in [6, 6.07) is 5.68. The van der Waals surface area contributed by atoms with Gasteiger partial charge in [-0.3, -0.25) is 0 Å². The Bertz CT molecular complexity index is 488. The minimum atomic E-state index is 0.356. The maximum atomic E-state index is 6.04. The van der Waals surface area contributed by atoms with Crippen molar-refractivity contribution in [2.45, 2.75) is 0 Å². The molecule has 0 fully saturated rings. The molecule has 15 heavy (non-hydrogen) atoms. The molecule has 0 aliphatic rings. The van der Waals surface area contributed by atoms with Crippen LogP contribution in [0.1, 0.15) is 0 Å². The Hall–Kier alpha value is -0.110. The van der Waals surface area contributed by atoms with Crippen molar-refractivity contribution in [2.24, 2.45) is 0 Å². The fraction of sp³-hybridized carbons (Fsp3) is 0. The van der Waals surface area contributed by atoms with Gasteiger partial charge >= 0.3 is 0 Å². The van der Waals surface area contributed by atoms with E-state index in [1.54, 1.807) is 0 Å². The van der Waals surface area contributed by atoms with Crippen molar-refractivity contribution >= 4 is 69.0 Å². The molecule has 7 heteroatoms. The fourth-order valence-corrected chi connectivity index (χ4v) is 2.52. The third-order valence-corrected chi connectivity index (χ3v) is 3.51. The third-order valence-electron chi connectivity index (χ3n) is 1.63. The fourth-order valence-electron chi connectivity index (χ4n) is 0.971. The van der Waals surface area contributed by atoms with E-state index in [-0.39, 0.29) is 0 Å². The first-order valence-corrected chi connectivity index (χ1v) is 6.43. The lowest BCUT2D eigenvalue weighted by molar-refractivity contribution is 1.44. The predicted molar refractivity (Wildman–Crippen MR) is 72.4 cm³/mol. The quantitative estimate of drug-likeness (QED) is 0.804. The number of nitrogens with zero attached hydrogens (tertiary/aromatic N) is 2. The molecule has 0 saturated carbocycles. The first-order chi connectivity index (χ1) is 7.16. The zero-order valence-corrected chi connectivity index (χ0v) is 11.7. The Balaban J connectivity index is 2.29. The van der Waals surface area contributed by atoms with Crippen LogP contribution in [0.25, 0.3) is 0 Å². The number of nitrogens with one attached hydrogen (secondary N) is 1. The second kappa shape index (κ2) is 4.82. The number of hydrogen-bond donors (Lipinski definition) is 1. The summed E-state index contributed by atoms with van der Waals surface area (Å²) in [5, 5.41) is 4.00. The average molecular weight is 372 g/mol. The van der Waals surface area contributed by atoms with Gasteiger partial charge in [-0.05, 0) is 40.8 Å². The zero-order chi connectivity index (χ0) is 10.8. The lowest BCUT2D eigenvalue weighted by Gasteiger charge is -2.05. The molecule has 0 radical (unpaired) electrons. The minimum absolute atomic E-state index is 0.356. The van der Waals surface area contributed by atoms with Crippen molar-refractivity contribution in [3.05, 3.63) is 31.9 Å². The van der Waals surface area contributed by atoms with Crippen LogP contribution >= 0.6 is 57.5 Å². The van der Waals surface area contributed by atoms with E-state index in [2.05, 4.69) is 36.7 Å². The minimum Gasteiger partial charge on any atom is -0.336 e. The highest BCUT2D eigenvalue weighted by Gasteiger charge is 2.07. The molecule has 0 aliphatic carbocycles. The molecule has 1 N–H and O–H groups in total. The van der Waals surface area contributed by atoms with Crippen LogP contribution in [0.4, 0.5) is 11.5 Å². The summed E-state index contributed by atoms with van der Waals surface area (Å²) in [6.07, 6.45) is 0. The molecule has 1 aromatic carbocycles. The Morgan fingerprint density at radius 3 is 2.67 bits per heavy atom. The molecule has 3 nitrogen and oxygen atoms in total. The average Bonchev–Trinajstić information content (AvgIpc) is 2.57. The molecular formula is C8H4Cl2IN3S. The monoisotopic (exact) mass is 371 g/mol. The van der Waals surface area contributed by atoms with Gasteiger partial charge in [0.05, 0.1) is 22.4 Å². The number of anilines is 2. The van der Waals surface area contributed by atoms with E-state index in [9.17, 15) is 0 Å². The Morgan fingerprint density at radius 2 is 2.07 bits per heavy atom. The number of rotatable bonds is 2. The van der Waals surface area contributed by atoms with Crippen LogP contribution in [-0.2, 0) is 0 Å². The SMILES string of the molecule is Clc1cc(I)ccc1Nc1nsnc1Cl. The van der Waals surface area contributed by atoms with Gasteiger partial charge < -0.3 is 5.32 Å². The van der Waals surface area contributed by atoms with Gasteiger partial charge in [-0.15, -0.1) is 0 Å². The van der Waals surface area contributed by atoms with Crippen molar-refractivity contribution in [3.8, 4) is 0 Å². The summed E-state index contributed by atoms with van der Waals surface area (Å²) >= 11 is 15.1. The van der Waals surface area contributed by atoms with Gasteiger partial charge in [-0.25, -0.2) is 0 Å². The van der Waals surface area contributed by atoms with Crippen molar-refractivity contribution < 1.29 is 0 Å². The normalized spacial score (nSPS) is 10.3. The molecule has 2 aromatic rings. The van der Waals surface area contributed by atoms with E-state index >= 15 is 0 Å². The molecule has 0 amide bonds. The van der Waals surface area contributed by atoms with E-state index in [1.165, 1.54) is 0 Å².